The van der Waals surface area contributed by atoms with Crippen molar-refractivity contribution >= 4 is 33.9 Å². The van der Waals surface area contributed by atoms with Crippen LogP contribution in [0.2, 0.25) is 0 Å². The summed E-state index contributed by atoms with van der Waals surface area (Å²) in [5.74, 6) is 1.30. The average molecular weight is 486 g/mol. The highest BCUT2D eigenvalue weighted by molar-refractivity contribution is 7.15. The van der Waals surface area contributed by atoms with E-state index in [0.29, 0.717) is 18.7 Å². The van der Waals surface area contributed by atoms with Crippen LogP contribution < -0.4 is 0 Å². The van der Waals surface area contributed by atoms with Crippen molar-refractivity contribution in [2.45, 2.75) is 45.6 Å². The van der Waals surface area contributed by atoms with Gasteiger partial charge in [0.25, 0.3) is 5.91 Å². The highest BCUT2D eigenvalue weighted by atomic mass is 32.1. The second-order valence-corrected chi connectivity index (χ2v) is 10.7. The van der Waals surface area contributed by atoms with Crippen molar-refractivity contribution in [3.63, 3.8) is 0 Å². The Kier molecular flexibility index (Phi) is 5.36. The molecule has 6 rings (SSSR count). The molecule has 178 valence electrons. The highest BCUT2D eigenvalue weighted by Crippen LogP contribution is 2.33. The van der Waals surface area contributed by atoms with Gasteiger partial charge in [-0.05, 0) is 63.9 Å². The van der Waals surface area contributed by atoms with Gasteiger partial charge < -0.3 is 4.90 Å². The zero-order valence-electron chi connectivity index (χ0n) is 20.0. The Labute approximate surface area is 207 Å². The highest BCUT2D eigenvalue weighted by Gasteiger charge is 2.29. The number of likely N-dealkylation sites (tertiary alicyclic amines) is 1. The van der Waals surface area contributed by atoms with E-state index >= 15 is 0 Å². The summed E-state index contributed by atoms with van der Waals surface area (Å²) in [4.78, 5) is 23.0. The van der Waals surface area contributed by atoms with Crippen LogP contribution in [0.25, 0.3) is 27.3 Å². The summed E-state index contributed by atoms with van der Waals surface area (Å²) in [6.07, 6.45) is 5.51. The number of aryl methyl sites for hydroxylation is 1. The number of aromatic nitrogens is 6. The van der Waals surface area contributed by atoms with Crippen molar-refractivity contribution in [1.82, 2.24) is 34.3 Å². The molecule has 35 heavy (non-hydrogen) atoms. The summed E-state index contributed by atoms with van der Waals surface area (Å²) >= 11 is 1.69. The molecule has 8 nitrogen and oxygen atoms in total. The van der Waals surface area contributed by atoms with Crippen molar-refractivity contribution in [1.29, 1.82) is 0 Å². The molecular formula is C26H27N7OS. The third kappa shape index (κ3) is 3.80. The normalized spacial score (nSPS) is 15.0. The number of hydrogen-bond acceptors (Lipinski definition) is 6. The summed E-state index contributed by atoms with van der Waals surface area (Å²) in [6.45, 7) is 7.61. The summed E-state index contributed by atoms with van der Waals surface area (Å²) < 4.78 is 3.96. The smallest absolute Gasteiger partial charge is 0.254 e. The molecule has 5 aromatic heterocycles. The fourth-order valence-electron chi connectivity index (χ4n) is 4.92. The lowest BCUT2D eigenvalue weighted by Crippen LogP contribution is -2.38. The van der Waals surface area contributed by atoms with Crippen LogP contribution in [-0.2, 0) is 0 Å². The van der Waals surface area contributed by atoms with Crippen molar-refractivity contribution in [2.24, 2.45) is 0 Å². The second-order valence-electron chi connectivity index (χ2n) is 9.44. The Bertz CT molecular complexity index is 1540. The van der Waals surface area contributed by atoms with Crippen LogP contribution >= 0.6 is 11.3 Å². The van der Waals surface area contributed by atoms with E-state index in [2.05, 4.69) is 52.6 Å². The van der Waals surface area contributed by atoms with Gasteiger partial charge in [0.1, 0.15) is 5.82 Å². The Morgan fingerprint density at radius 1 is 1.11 bits per heavy atom. The van der Waals surface area contributed by atoms with Crippen LogP contribution in [0.3, 0.4) is 0 Å². The predicted molar refractivity (Wildman–Crippen MR) is 137 cm³/mol. The van der Waals surface area contributed by atoms with Gasteiger partial charge >= 0.3 is 0 Å². The Morgan fingerprint density at radius 2 is 1.94 bits per heavy atom. The first-order valence-corrected chi connectivity index (χ1v) is 12.9. The first-order valence-electron chi connectivity index (χ1n) is 12.0. The Morgan fingerprint density at radius 3 is 2.69 bits per heavy atom. The number of fused-ring (bicyclic) bond motifs is 2. The van der Waals surface area contributed by atoms with Gasteiger partial charge in [-0.1, -0.05) is 6.07 Å². The van der Waals surface area contributed by atoms with Crippen LogP contribution in [0, 0.1) is 6.92 Å². The second kappa shape index (κ2) is 8.57. The third-order valence-electron chi connectivity index (χ3n) is 6.77. The standard InChI is InChI=1S/C26H27N7OS/c1-16(2)33-25-20(15-27-33)19(14-21(28-25)22-8-7-17(3)35-22)26(34)31-12-9-18(10-13-31)24-30-29-23-6-4-5-11-32(23)24/h4-8,11,14-16,18H,9-10,12-13H2,1-3H3. The molecular weight excluding hydrogens is 458 g/mol. The molecule has 0 radical (unpaired) electrons. The van der Waals surface area contributed by atoms with Gasteiger partial charge in [0.2, 0.25) is 0 Å². The molecule has 1 aliphatic rings. The summed E-state index contributed by atoms with van der Waals surface area (Å²) in [5.41, 5.74) is 3.12. The van der Waals surface area contributed by atoms with E-state index in [9.17, 15) is 4.79 Å². The minimum Gasteiger partial charge on any atom is -0.339 e. The van der Waals surface area contributed by atoms with Gasteiger partial charge in [-0.2, -0.15) is 5.10 Å². The van der Waals surface area contributed by atoms with Crippen LogP contribution in [0.5, 0.6) is 0 Å². The zero-order chi connectivity index (χ0) is 24.1. The van der Waals surface area contributed by atoms with Gasteiger partial charge in [0.05, 0.1) is 27.7 Å². The molecule has 1 saturated heterocycles. The SMILES string of the molecule is Cc1ccc(-c2cc(C(=O)N3CCC(c4nnc5ccccn45)CC3)c3cnn(C(C)C)c3n2)s1. The number of hydrogen-bond donors (Lipinski definition) is 0. The quantitative estimate of drug-likeness (QED) is 0.353. The molecule has 0 atom stereocenters. The van der Waals surface area contributed by atoms with Crippen molar-refractivity contribution in [2.75, 3.05) is 13.1 Å². The molecule has 1 aliphatic heterocycles. The number of rotatable bonds is 4. The number of piperidine rings is 1. The van der Waals surface area contributed by atoms with E-state index in [1.807, 2.05) is 40.0 Å². The molecule has 0 unspecified atom stereocenters. The summed E-state index contributed by atoms with van der Waals surface area (Å²) in [5, 5.41) is 14.1. The maximum absolute atomic E-state index is 13.8. The largest absolute Gasteiger partial charge is 0.339 e. The molecule has 0 aliphatic carbocycles. The van der Waals surface area contributed by atoms with Crippen LogP contribution in [-0.4, -0.2) is 53.3 Å². The van der Waals surface area contributed by atoms with Gasteiger partial charge in [-0.25, -0.2) is 9.67 Å². The van der Waals surface area contributed by atoms with Crippen LogP contribution in [0.15, 0.2) is 48.8 Å². The van der Waals surface area contributed by atoms with E-state index in [1.165, 1.54) is 4.88 Å². The maximum Gasteiger partial charge on any atom is 0.254 e. The molecule has 1 fully saturated rings. The third-order valence-corrected chi connectivity index (χ3v) is 7.79. The molecule has 0 N–H and O–H groups in total. The molecule has 0 aromatic carbocycles. The fourth-order valence-corrected chi connectivity index (χ4v) is 5.75. The molecule has 1 amide bonds. The molecule has 0 saturated carbocycles. The number of nitrogens with zero attached hydrogens (tertiary/aromatic N) is 7. The first-order chi connectivity index (χ1) is 17.0. The predicted octanol–water partition coefficient (Wildman–Crippen LogP) is 5.11. The van der Waals surface area contributed by atoms with Crippen molar-refractivity contribution in [3.05, 3.63) is 65.1 Å². The van der Waals surface area contributed by atoms with Crippen molar-refractivity contribution in [3.8, 4) is 10.6 Å². The van der Waals surface area contributed by atoms with Crippen LogP contribution in [0.4, 0.5) is 0 Å². The van der Waals surface area contributed by atoms with E-state index in [4.69, 9.17) is 4.98 Å². The lowest BCUT2D eigenvalue weighted by Gasteiger charge is -2.31. The lowest BCUT2D eigenvalue weighted by molar-refractivity contribution is 0.0713. The van der Waals surface area contributed by atoms with E-state index in [1.54, 1.807) is 17.5 Å². The monoisotopic (exact) mass is 485 g/mol. The first kappa shape index (κ1) is 21.9. The molecule has 9 heteroatoms. The Hall–Kier alpha value is -3.59. The minimum atomic E-state index is 0.0415. The van der Waals surface area contributed by atoms with E-state index < -0.39 is 0 Å². The molecule has 0 spiro atoms. The van der Waals surface area contributed by atoms with Gasteiger partial charge in [-0.3, -0.25) is 9.20 Å². The fraction of sp³-hybridized carbons (Fsp3) is 0.346. The van der Waals surface area contributed by atoms with Crippen molar-refractivity contribution < 1.29 is 4.79 Å². The molecule has 5 aromatic rings. The molecule has 0 bridgehead atoms. The number of carbonyl (C=O) groups is 1. The zero-order valence-corrected chi connectivity index (χ0v) is 20.9. The summed E-state index contributed by atoms with van der Waals surface area (Å²) in [7, 11) is 0. The van der Waals surface area contributed by atoms with E-state index in [-0.39, 0.29) is 17.9 Å². The number of amides is 1. The number of thiophene rings is 1. The van der Waals surface area contributed by atoms with Gasteiger partial charge in [0, 0.05) is 36.1 Å². The topological polar surface area (TPSA) is 81.2 Å². The van der Waals surface area contributed by atoms with Gasteiger partial charge in [-0.15, -0.1) is 21.5 Å². The van der Waals surface area contributed by atoms with Crippen LogP contribution in [0.1, 0.15) is 59.7 Å². The molecule has 6 heterocycles. The van der Waals surface area contributed by atoms with E-state index in [0.717, 1.165) is 45.9 Å². The van der Waals surface area contributed by atoms with Gasteiger partial charge in [0.15, 0.2) is 11.3 Å². The maximum atomic E-state index is 13.8. The number of pyridine rings is 2. The average Bonchev–Trinajstić information content (AvgIpc) is 3.61. The summed E-state index contributed by atoms with van der Waals surface area (Å²) in [6, 6.07) is 12.2. The minimum absolute atomic E-state index is 0.0415. The lowest BCUT2D eigenvalue weighted by atomic mass is 9.95. The Balaban J connectivity index is 1.31. The number of carbonyl (C=O) groups excluding carboxylic acids is 1.